The Morgan fingerprint density at radius 3 is 2.36 bits per heavy atom. The second-order valence-corrected chi connectivity index (χ2v) is 4.39. The van der Waals surface area contributed by atoms with Gasteiger partial charge in [-0.2, -0.15) is 0 Å². The number of piperazine rings is 1. The first-order valence-electron chi connectivity index (χ1n) is 4.95. The Kier molecular flexibility index (Phi) is 3.13. The van der Waals surface area contributed by atoms with Gasteiger partial charge in [-0.05, 0) is 12.3 Å². The lowest BCUT2D eigenvalue weighted by Crippen LogP contribution is -2.57. The SMILES string of the molecule is CC(C)CC1CN(C)C(=O)C(=O)N1C. The summed E-state index contributed by atoms with van der Waals surface area (Å²) in [6.45, 7) is 4.89. The molecule has 1 rings (SSSR count). The maximum atomic E-state index is 11.5. The fourth-order valence-electron chi connectivity index (χ4n) is 1.78. The predicted molar refractivity (Wildman–Crippen MR) is 53.7 cm³/mol. The third kappa shape index (κ3) is 2.05. The highest BCUT2D eigenvalue weighted by molar-refractivity contribution is 6.35. The van der Waals surface area contributed by atoms with E-state index in [-0.39, 0.29) is 11.9 Å². The van der Waals surface area contributed by atoms with Crippen molar-refractivity contribution in [3.8, 4) is 0 Å². The summed E-state index contributed by atoms with van der Waals surface area (Å²) in [5.41, 5.74) is 0. The first-order chi connectivity index (χ1) is 6.43. The van der Waals surface area contributed by atoms with Gasteiger partial charge in [0.2, 0.25) is 0 Å². The standard InChI is InChI=1S/C10H18N2O2/c1-7(2)5-8-6-11(3)9(13)10(14)12(8)4/h7-8H,5-6H2,1-4H3. The van der Waals surface area contributed by atoms with Crippen molar-refractivity contribution in [1.29, 1.82) is 0 Å². The van der Waals surface area contributed by atoms with E-state index in [1.165, 1.54) is 4.90 Å². The molecule has 1 aliphatic rings. The molecule has 0 aromatic carbocycles. The van der Waals surface area contributed by atoms with E-state index < -0.39 is 5.91 Å². The molecule has 14 heavy (non-hydrogen) atoms. The number of rotatable bonds is 2. The zero-order chi connectivity index (χ0) is 10.9. The molecule has 4 heteroatoms. The van der Waals surface area contributed by atoms with Crippen LogP contribution in [-0.4, -0.2) is 48.3 Å². The van der Waals surface area contributed by atoms with Gasteiger partial charge in [0.05, 0.1) is 0 Å². The molecule has 0 aromatic heterocycles. The topological polar surface area (TPSA) is 40.6 Å². The molecule has 0 aromatic rings. The molecule has 0 saturated carbocycles. The second-order valence-electron chi connectivity index (χ2n) is 4.39. The van der Waals surface area contributed by atoms with Crippen molar-refractivity contribution in [2.75, 3.05) is 20.6 Å². The van der Waals surface area contributed by atoms with Crippen LogP contribution in [0, 0.1) is 5.92 Å². The van der Waals surface area contributed by atoms with Crippen LogP contribution in [0.1, 0.15) is 20.3 Å². The van der Waals surface area contributed by atoms with Gasteiger partial charge in [-0.3, -0.25) is 9.59 Å². The zero-order valence-electron chi connectivity index (χ0n) is 9.28. The fourth-order valence-corrected chi connectivity index (χ4v) is 1.78. The van der Waals surface area contributed by atoms with E-state index in [2.05, 4.69) is 13.8 Å². The van der Waals surface area contributed by atoms with Crippen LogP contribution < -0.4 is 0 Å². The molecule has 1 saturated heterocycles. The molecule has 1 atom stereocenters. The molecule has 0 spiro atoms. The summed E-state index contributed by atoms with van der Waals surface area (Å²) in [6, 6.07) is 0.171. The predicted octanol–water partition coefficient (Wildman–Crippen LogP) is 0.331. The van der Waals surface area contributed by atoms with E-state index >= 15 is 0 Å². The van der Waals surface area contributed by atoms with Crippen LogP contribution in [0.4, 0.5) is 0 Å². The maximum Gasteiger partial charge on any atom is 0.312 e. The van der Waals surface area contributed by atoms with Crippen LogP contribution in [0.3, 0.4) is 0 Å². The lowest BCUT2D eigenvalue weighted by molar-refractivity contribution is -0.156. The number of hydrogen-bond donors (Lipinski definition) is 0. The van der Waals surface area contributed by atoms with E-state index in [1.807, 2.05) is 0 Å². The van der Waals surface area contributed by atoms with Gasteiger partial charge in [-0.25, -0.2) is 0 Å². The fraction of sp³-hybridized carbons (Fsp3) is 0.800. The molecule has 0 radical (unpaired) electrons. The number of nitrogens with zero attached hydrogens (tertiary/aromatic N) is 2. The molecule has 0 N–H and O–H groups in total. The molecular weight excluding hydrogens is 180 g/mol. The van der Waals surface area contributed by atoms with Gasteiger partial charge in [0.15, 0.2) is 0 Å². The highest BCUT2D eigenvalue weighted by Gasteiger charge is 2.34. The van der Waals surface area contributed by atoms with Crippen LogP contribution in [0.2, 0.25) is 0 Å². The van der Waals surface area contributed by atoms with Crippen LogP contribution in [0.5, 0.6) is 0 Å². The lowest BCUT2D eigenvalue weighted by Gasteiger charge is -2.37. The highest BCUT2D eigenvalue weighted by atomic mass is 16.2. The van der Waals surface area contributed by atoms with Crippen molar-refractivity contribution in [3.05, 3.63) is 0 Å². The molecule has 2 amide bonds. The summed E-state index contributed by atoms with van der Waals surface area (Å²) < 4.78 is 0. The average molecular weight is 198 g/mol. The molecular formula is C10H18N2O2. The van der Waals surface area contributed by atoms with Gasteiger partial charge in [-0.15, -0.1) is 0 Å². The lowest BCUT2D eigenvalue weighted by atomic mass is 10.0. The van der Waals surface area contributed by atoms with Gasteiger partial charge >= 0.3 is 11.8 Å². The van der Waals surface area contributed by atoms with Gasteiger partial charge in [0.1, 0.15) is 0 Å². The van der Waals surface area contributed by atoms with E-state index in [0.29, 0.717) is 12.5 Å². The maximum absolute atomic E-state index is 11.5. The van der Waals surface area contributed by atoms with Crippen LogP contribution in [-0.2, 0) is 9.59 Å². The Morgan fingerprint density at radius 2 is 1.86 bits per heavy atom. The molecule has 4 nitrogen and oxygen atoms in total. The smallest absolute Gasteiger partial charge is 0.312 e. The summed E-state index contributed by atoms with van der Waals surface area (Å²) in [5.74, 6) is -0.242. The second kappa shape index (κ2) is 3.98. The quantitative estimate of drug-likeness (QED) is 0.600. The summed E-state index contributed by atoms with van der Waals surface area (Å²) in [7, 11) is 3.39. The summed E-state index contributed by atoms with van der Waals surface area (Å²) in [5, 5.41) is 0. The first kappa shape index (κ1) is 11.0. The Bertz CT molecular complexity index is 251. The van der Waals surface area contributed by atoms with Gasteiger partial charge in [0.25, 0.3) is 0 Å². The molecule has 1 aliphatic heterocycles. The van der Waals surface area contributed by atoms with Crippen molar-refractivity contribution in [3.63, 3.8) is 0 Å². The number of carbonyl (C=O) groups is 2. The van der Waals surface area contributed by atoms with E-state index in [4.69, 9.17) is 0 Å². The Morgan fingerprint density at radius 1 is 1.29 bits per heavy atom. The van der Waals surface area contributed by atoms with Gasteiger partial charge in [-0.1, -0.05) is 13.8 Å². The normalized spacial score (nSPS) is 23.6. The summed E-state index contributed by atoms with van der Waals surface area (Å²) in [6.07, 6.45) is 0.944. The van der Waals surface area contributed by atoms with Crippen molar-refractivity contribution < 1.29 is 9.59 Å². The van der Waals surface area contributed by atoms with Crippen LogP contribution >= 0.6 is 0 Å². The Balaban J connectivity index is 2.70. The van der Waals surface area contributed by atoms with Gasteiger partial charge < -0.3 is 9.80 Å². The van der Waals surface area contributed by atoms with E-state index in [1.54, 1.807) is 19.0 Å². The minimum Gasteiger partial charge on any atom is -0.335 e. The van der Waals surface area contributed by atoms with Crippen molar-refractivity contribution in [1.82, 2.24) is 9.80 Å². The molecule has 1 fully saturated rings. The summed E-state index contributed by atoms with van der Waals surface area (Å²) in [4.78, 5) is 25.8. The number of likely N-dealkylation sites (N-methyl/N-ethyl adjacent to an activating group) is 2. The van der Waals surface area contributed by atoms with Crippen molar-refractivity contribution in [2.24, 2.45) is 5.92 Å². The highest BCUT2D eigenvalue weighted by Crippen LogP contribution is 2.15. The third-order valence-corrected chi connectivity index (χ3v) is 2.63. The Labute approximate surface area is 84.9 Å². The third-order valence-electron chi connectivity index (χ3n) is 2.63. The van der Waals surface area contributed by atoms with E-state index in [9.17, 15) is 9.59 Å². The van der Waals surface area contributed by atoms with Crippen LogP contribution in [0.15, 0.2) is 0 Å². The molecule has 0 bridgehead atoms. The van der Waals surface area contributed by atoms with Crippen molar-refractivity contribution >= 4 is 11.8 Å². The number of carbonyl (C=O) groups excluding carboxylic acids is 2. The zero-order valence-corrected chi connectivity index (χ0v) is 9.28. The monoisotopic (exact) mass is 198 g/mol. The first-order valence-corrected chi connectivity index (χ1v) is 4.95. The number of hydrogen-bond acceptors (Lipinski definition) is 2. The molecule has 1 heterocycles. The largest absolute Gasteiger partial charge is 0.335 e. The van der Waals surface area contributed by atoms with E-state index in [0.717, 1.165) is 6.42 Å². The molecule has 80 valence electrons. The molecule has 0 aliphatic carbocycles. The minimum atomic E-state index is -0.396. The van der Waals surface area contributed by atoms with Gasteiger partial charge in [0, 0.05) is 26.7 Å². The Hall–Kier alpha value is -1.06. The number of amides is 2. The minimum absolute atomic E-state index is 0.171. The van der Waals surface area contributed by atoms with Crippen LogP contribution in [0.25, 0.3) is 0 Å². The average Bonchev–Trinajstić information content (AvgIpc) is 2.10. The summed E-state index contributed by atoms with van der Waals surface area (Å²) >= 11 is 0. The van der Waals surface area contributed by atoms with Crippen molar-refractivity contribution in [2.45, 2.75) is 26.3 Å². The molecule has 1 unspecified atom stereocenters.